The lowest BCUT2D eigenvalue weighted by Gasteiger charge is -2.12. The number of ether oxygens (including phenoxy) is 2. The van der Waals surface area contributed by atoms with E-state index in [1.807, 2.05) is 42.5 Å². The molecule has 4 bridgehead atoms. The maximum atomic E-state index is 12.0. The van der Waals surface area contributed by atoms with Gasteiger partial charge in [0, 0.05) is 6.54 Å². The van der Waals surface area contributed by atoms with Gasteiger partial charge >= 0.3 is 0 Å². The van der Waals surface area contributed by atoms with Crippen molar-refractivity contribution in [1.29, 1.82) is 0 Å². The van der Waals surface area contributed by atoms with Gasteiger partial charge in [-0.15, -0.1) is 0 Å². The summed E-state index contributed by atoms with van der Waals surface area (Å²) in [7, 11) is 1.63. The van der Waals surface area contributed by atoms with Crippen LogP contribution in [-0.2, 0) is 17.6 Å². The van der Waals surface area contributed by atoms with Gasteiger partial charge in [0.25, 0.3) is 0 Å². The Balaban J connectivity index is 1.92. The molecule has 0 unspecified atom stereocenters. The van der Waals surface area contributed by atoms with E-state index in [9.17, 15) is 4.79 Å². The molecule has 3 N–H and O–H groups in total. The maximum absolute atomic E-state index is 12.0. The van der Waals surface area contributed by atoms with Gasteiger partial charge in [-0.3, -0.25) is 4.79 Å². The van der Waals surface area contributed by atoms with Crippen molar-refractivity contribution < 1.29 is 14.3 Å². The molecule has 0 spiro atoms. The van der Waals surface area contributed by atoms with Gasteiger partial charge in [0.15, 0.2) is 11.5 Å². The first-order valence-corrected chi connectivity index (χ1v) is 8.13. The Morgan fingerprint density at radius 3 is 2.67 bits per heavy atom. The number of nitrogens with two attached hydrogens (primary N) is 1. The second kappa shape index (κ2) is 7.36. The molecular weight excluding hydrogens is 304 g/mol. The summed E-state index contributed by atoms with van der Waals surface area (Å²) >= 11 is 0. The Morgan fingerprint density at radius 2 is 1.92 bits per heavy atom. The number of rotatable bonds is 1. The van der Waals surface area contributed by atoms with Crippen LogP contribution in [0.4, 0.5) is 0 Å². The highest BCUT2D eigenvalue weighted by molar-refractivity contribution is 5.81. The van der Waals surface area contributed by atoms with Crippen molar-refractivity contribution in [3.63, 3.8) is 0 Å². The van der Waals surface area contributed by atoms with Crippen molar-refractivity contribution in [3.05, 3.63) is 53.6 Å². The van der Waals surface area contributed by atoms with Crippen molar-refractivity contribution in [2.24, 2.45) is 5.73 Å². The van der Waals surface area contributed by atoms with E-state index in [1.54, 1.807) is 7.11 Å². The van der Waals surface area contributed by atoms with Crippen molar-refractivity contribution in [3.8, 4) is 17.2 Å². The van der Waals surface area contributed by atoms with Crippen LogP contribution < -0.4 is 20.5 Å². The number of methoxy groups -OCH3 is 1. The molecule has 126 valence electrons. The number of fused-ring (bicyclic) bond motifs is 8. The van der Waals surface area contributed by atoms with E-state index in [2.05, 4.69) is 5.32 Å². The van der Waals surface area contributed by atoms with E-state index in [0.29, 0.717) is 24.5 Å². The van der Waals surface area contributed by atoms with Gasteiger partial charge in [-0.05, 0) is 54.7 Å². The first kappa shape index (κ1) is 16.3. The number of carbonyl (C=O) groups is 1. The van der Waals surface area contributed by atoms with E-state index in [0.717, 1.165) is 29.7 Å². The molecule has 1 amide bonds. The van der Waals surface area contributed by atoms with Gasteiger partial charge in [0.1, 0.15) is 5.75 Å². The van der Waals surface area contributed by atoms with Gasteiger partial charge in [-0.1, -0.05) is 18.2 Å². The van der Waals surface area contributed by atoms with Crippen molar-refractivity contribution >= 4 is 5.91 Å². The van der Waals surface area contributed by atoms with Gasteiger partial charge in [-0.25, -0.2) is 0 Å². The Bertz CT molecular complexity index is 713. The van der Waals surface area contributed by atoms with E-state index < -0.39 is 6.04 Å². The second-order valence-corrected chi connectivity index (χ2v) is 5.94. The maximum Gasteiger partial charge on any atom is 0.237 e. The molecule has 2 aliphatic heterocycles. The number of amides is 1. The molecule has 2 heterocycles. The minimum Gasteiger partial charge on any atom is -0.493 e. The highest BCUT2D eigenvalue weighted by Gasteiger charge is 2.14. The third-order valence-electron chi connectivity index (χ3n) is 4.11. The standard InChI is InChI=1S/C19H22N2O3/c1-23-17-9-6-13-3-2-10-21-19(22)16(20)11-14-4-7-15(8-5-14)24-18(17)12-13/h4-9,12,16H,2-3,10-11,20H2,1H3,(H,21,22)/t16-/m0/s1. The van der Waals surface area contributed by atoms with E-state index in [-0.39, 0.29) is 5.91 Å². The summed E-state index contributed by atoms with van der Waals surface area (Å²) in [6, 6.07) is 13.0. The Kier molecular flexibility index (Phi) is 5.01. The summed E-state index contributed by atoms with van der Waals surface area (Å²) < 4.78 is 11.4. The molecule has 2 aromatic carbocycles. The van der Waals surface area contributed by atoms with Gasteiger partial charge < -0.3 is 20.5 Å². The lowest BCUT2D eigenvalue weighted by Crippen LogP contribution is -2.42. The molecular formula is C19H22N2O3. The predicted molar refractivity (Wildman–Crippen MR) is 92.5 cm³/mol. The van der Waals surface area contributed by atoms with Crippen LogP contribution in [0, 0.1) is 0 Å². The SMILES string of the molecule is COc1ccc2cc1Oc1ccc(cc1)C[C@H](N)C(=O)NCCC2. The van der Waals surface area contributed by atoms with Crippen LogP contribution in [0.2, 0.25) is 0 Å². The van der Waals surface area contributed by atoms with Crippen LogP contribution in [0.1, 0.15) is 17.5 Å². The van der Waals surface area contributed by atoms with Gasteiger partial charge in [0.05, 0.1) is 13.2 Å². The molecule has 5 nitrogen and oxygen atoms in total. The number of aryl methyl sites for hydroxylation is 1. The van der Waals surface area contributed by atoms with Crippen LogP contribution in [-0.4, -0.2) is 25.6 Å². The largest absolute Gasteiger partial charge is 0.493 e. The van der Waals surface area contributed by atoms with Crippen molar-refractivity contribution in [1.82, 2.24) is 5.32 Å². The smallest absolute Gasteiger partial charge is 0.237 e. The molecule has 0 aliphatic carbocycles. The molecule has 4 rings (SSSR count). The monoisotopic (exact) mass is 326 g/mol. The summed E-state index contributed by atoms with van der Waals surface area (Å²) in [6.07, 6.45) is 2.19. The topological polar surface area (TPSA) is 73.6 Å². The van der Waals surface area contributed by atoms with Crippen molar-refractivity contribution in [2.75, 3.05) is 13.7 Å². The molecule has 0 saturated carbocycles. The molecule has 0 aromatic heterocycles. The molecule has 1 atom stereocenters. The first-order valence-electron chi connectivity index (χ1n) is 8.13. The molecule has 0 saturated heterocycles. The minimum absolute atomic E-state index is 0.111. The molecule has 5 heteroatoms. The summed E-state index contributed by atoms with van der Waals surface area (Å²) in [5, 5.41) is 2.90. The number of nitrogens with one attached hydrogen (secondary N) is 1. The molecule has 0 fully saturated rings. The average molecular weight is 326 g/mol. The zero-order valence-corrected chi connectivity index (χ0v) is 13.7. The molecule has 0 radical (unpaired) electrons. The van der Waals surface area contributed by atoms with Gasteiger partial charge in [-0.2, -0.15) is 0 Å². The number of hydrogen-bond donors (Lipinski definition) is 2. The molecule has 2 aliphatic rings. The third-order valence-corrected chi connectivity index (χ3v) is 4.11. The fraction of sp³-hybridized carbons (Fsp3) is 0.316. The lowest BCUT2D eigenvalue weighted by atomic mass is 10.1. The van der Waals surface area contributed by atoms with Crippen LogP contribution in [0.3, 0.4) is 0 Å². The fourth-order valence-corrected chi connectivity index (χ4v) is 2.76. The summed E-state index contributed by atoms with van der Waals surface area (Å²) in [5.41, 5.74) is 8.11. The average Bonchev–Trinajstić information content (AvgIpc) is 2.60. The van der Waals surface area contributed by atoms with Gasteiger partial charge in [0.2, 0.25) is 5.91 Å². The second-order valence-electron chi connectivity index (χ2n) is 5.94. The third kappa shape index (κ3) is 3.86. The Hall–Kier alpha value is -2.53. The lowest BCUT2D eigenvalue weighted by molar-refractivity contribution is -0.122. The zero-order valence-electron chi connectivity index (χ0n) is 13.7. The zero-order chi connectivity index (χ0) is 16.9. The highest BCUT2D eigenvalue weighted by Crippen LogP contribution is 2.33. The van der Waals surface area contributed by atoms with Crippen LogP contribution in [0.15, 0.2) is 42.5 Å². The molecule has 2 aromatic rings. The molecule has 24 heavy (non-hydrogen) atoms. The summed E-state index contributed by atoms with van der Waals surface area (Å²) in [5.74, 6) is 2.00. The Labute approximate surface area is 141 Å². The minimum atomic E-state index is -0.539. The van der Waals surface area contributed by atoms with E-state index in [4.69, 9.17) is 15.2 Å². The predicted octanol–water partition coefficient (Wildman–Crippen LogP) is 2.42. The number of carbonyl (C=O) groups excluding carboxylic acids is 1. The number of hydrogen-bond acceptors (Lipinski definition) is 4. The van der Waals surface area contributed by atoms with Crippen LogP contribution in [0.25, 0.3) is 0 Å². The normalized spacial score (nSPS) is 18.1. The summed E-state index contributed by atoms with van der Waals surface area (Å²) in [6.45, 7) is 0.604. The fourth-order valence-electron chi connectivity index (χ4n) is 2.76. The number of benzene rings is 2. The van der Waals surface area contributed by atoms with Crippen LogP contribution >= 0.6 is 0 Å². The van der Waals surface area contributed by atoms with E-state index in [1.165, 1.54) is 0 Å². The quantitative estimate of drug-likeness (QED) is 0.844. The van der Waals surface area contributed by atoms with Crippen molar-refractivity contribution in [2.45, 2.75) is 25.3 Å². The highest BCUT2D eigenvalue weighted by atomic mass is 16.5. The van der Waals surface area contributed by atoms with Crippen LogP contribution in [0.5, 0.6) is 17.2 Å². The first-order chi connectivity index (χ1) is 11.7. The Morgan fingerprint density at radius 1 is 1.17 bits per heavy atom. The van der Waals surface area contributed by atoms with E-state index >= 15 is 0 Å². The summed E-state index contributed by atoms with van der Waals surface area (Å²) in [4.78, 5) is 12.0.